The topological polar surface area (TPSA) is 20.3 Å². The summed E-state index contributed by atoms with van der Waals surface area (Å²) >= 11 is 12.4. The number of aryl methyl sites for hydroxylation is 1. The number of carbonyl (C=O) groups excluding carboxylic acids is 1. The summed E-state index contributed by atoms with van der Waals surface area (Å²) in [7, 11) is 0. The van der Waals surface area contributed by atoms with Gasteiger partial charge in [0.15, 0.2) is 0 Å². The summed E-state index contributed by atoms with van der Waals surface area (Å²) in [6.45, 7) is 4.95. The van der Waals surface area contributed by atoms with Crippen LogP contribution in [0, 0.1) is 6.92 Å². The Morgan fingerprint density at radius 2 is 1.83 bits per heavy atom. The molecule has 1 atom stereocenters. The quantitative estimate of drug-likeness (QED) is 0.749. The maximum atomic E-state index is 12.8. The molecule has 0 saturated carbocycles. The summed E-state index contributed by atoms with van der Waals surface area (Å²) in [6.07, 6.45) is 1.14. The number of carbonyl (C=O) groups is 1. The second-order valence-corrected chi connectivity index (χ2v) is 6.85. The van der Waals surface area contributed by atoms with Crippen molar-refractivity contribution in [3.63, 3.8) is 0 Å². The van der Waals surface area contributed by atoms with Gasteiger partial charge in [-0.05, 0) is 54.7 Å². The summed E-state index contributed by atoms with van der Waals surface area (Å²) in [5.74, 6) is 0.0691. The van der Waals surface area contributed by atoms with E-state index < -0.39 is 0 Å². The molecule has 0 radical (unpaired) electrons. The predicted octanol–water partition coefficient (Wildman–Crippen LogP) is 4.99. The van der Waals surface area contributed by atoms with Crippen molar-refractivity contribution >= 4 is 29.1 Å². The Labute approximate surface area is 147 Å². The molecule has 120 valence electrons. The van der Waals surface area contributed by atoms with Crippen LogP contribution < -0.4 is 0 Å². The van der Waals surface area contributed by atoms with Gasteiger partial charge in [-0.2, -0.15) is 0 Å². The molecule has 1 aliphatic rings. The van der Waals surface area contributed by atoms with Gasteiger partial charge in [-0.3, -0.25) is 4.79 Å². The molecule has 0 unspecified atom stereocenters. The third-order valence-corrected chi connectivity index (χ3v) is 5.39. The van der Waals surface area contributed by atoms with Gasteiger partial charge < -0.3 is 4.90 Å². The van der Waals surface area contributed by atoms with Crippen molar-refractivity contribution in [3.8, 4) is 0 Å². The number of halogens is 2. The lowest BCUT2D eigenvalue weighted by atomic mass is 9.90. The van der Waals surface area contributed by atoms with Crippen molar-refractivity contribution in [1.29, 1.82) is 0 Å². The van der Waals surface area contributed by atoms with Crippen molar-refractivity contribution in [1.82, 2.24) is 4.90 Å². The third kappa shape index (κ3) is 3.11. The summed E-state index contributed by atoms with van der Waals surface area (Å²) < 4.78 is 0. The highest BCUT2D eigenvalue weighted by molar-refractivity contribution is 6.36. The number of fused-ring (bicyclic) bond motifs is 1. The highest BCUT2D eigenvalue weighted by Crippen LogP contribution is 2.32. The molecule has 2 nitrogen and oxygen atoms in total. The van der Waals surface area contributed by atoms with Gasteiger partial charge in [-0.25, -0.2) is 0 Å². The zero-order valence-electron chi connectivity index (χ0n) is 13.3. The molecule has 23 heavy (non-hydrogen) atoms. The van der Waals surface area contributed by atoms with Gasteiger partial charge >= 0.3 is 0 Å². The Hall–Kier alpha value is -1.51. The fourth-order valence-corrected chi connectivity index (χ4v) is 3.88. The first-order valence-electron chi connectivity index (χ1n) is 7.79. The molecule has 1 aliphatic heterocycles. The van der Waals surface area contributed by atoms with Gasteiger partial charge in [0.2, 0.25) is 5.91 Å². The highest BCUT2D eigenvalue weighted by atomic mass is 35.5. The molecular weight excluding hydrogens is 329 g/mol. The maximum Gasteiger partial charge on any atom is 0.227 e. The molecule has 0 bridgehead atoms. The second-order valence-electron chi connectivity index (χ2n) is 6.03. The first kappa shape index (κ1) is 16.4. The molecular formula is C19H19Cl2NO. The van der Waals surface area contributed by atoms with Crippen LogP contribution in [0.25, 0.3) is 0 Å². The first-order chi connectivity index (χ1) is 11.0. The Morgan fingerprint density at radius 3 is 2.52 bits per heavy atom. The number of amides is 1. The van der Waals surface area contributed by atoms with E-state index in [0.717, 1.165) is 13.0 Å². The summed E-state index contributed by atoms with van der Waals surface area (Å²) in [4.78, 5) is 14.7. The normalized spacial score (nSPS) is 17.0. The van der Waals surface area contributed by atoms with Crippen LogP contribution in [0.5, 0.6) is 0 Å². The molecule has 0 fully saturated rings. The second kappa shape index (κ2) is 6.54. The fourth-order valence-electron chi connectivity index (χ4n) is 3.35. The van der Waals surface area contributed by atoms with E-state index in [1.54, 1.807) is 18.2 Å². The van der Waals surface area contributed by atoms with Gasteiger partial charge in [0.25, 0.3) is 0 Å². The van der Waals surface area contributed by atoms with Crippen LogP contribution in [0.4, 0.5) is 0 Å². The van der Waals surface area contributed by atoms with Crippen molar-refractivity contribution in [2.45, 2.75) is 32.7 Å². The van der Waals surface area contributed by atoms with E-state index in [9.17, 15) is 4.79 Å². The molecule has 0 saturated heterocycles. The Morgan fingerprint density at radius 1 is 1.17 bits per heavy atom. The zero-order chi connectivity index (χ0) is 16.6. The van der Waals surface area contributed by atoms with Crippen LogP contribution >= 0.6 is 23.2 Å². The largest absolute Gasteiger partial charge is 0.335 e. The zero-order valence-corrected chi connectivity index (χ0v) is 14.8. The average Bonchev–Trinajstić information content (AvgIpc) is 2.52. The van der Waals surface area contributed by atoms with E-state index >= 15 is 0 Å². The van der Waals surface area contributed by atoms with Gasteiger partial charge in [-0.1, -0.05) is 47.5 Å². The summed E-state index contributed by atoms with van der Waals surface area (Å²) in [6, 6.07) is 11.7. The summed E-state index contributed by atoms with van der Waals surface area (Å²) in [5.41, 5.74) is 4.63. The Kier molecular flexibility index (Phi) is 4.65. The van der Waals surface area contributed by atoms with Crippen LogP contribution in [-0.2, 0) is 17.6 Å². The van der Waals surface area contributed by atoms with E-state index in [1.165, 1.54) is 16.7 Å². The molecule has 3 rings (SSSR count). The lowest BCUT2D eigenvalue weighted by Gasteiger charge is -2.36. The van der Waals surface area contributed by atoms with Crippen molar-refractivity contribution in [2.24, 2.45) is 0 Å². The standard InChI is InChI=1S/C19H19Cl2NO/c1-12-5-3-6-15-13(2)22(10-9-14(12)15)19(23)11-16-17(20)7-4-8-18(16)21/h3-8,13H,9-11H2,1-2H3/t13-/m0/s1. The molecule has 2 aromatic carbocycles. The minimum absolute atomic E-state index is 0.0691. The van der Waals surface area contributed by atoms with Crippen LogP contribution in [0.1, 0.15) is 35.2 Å². The van der Waals surface area contributed by atoms with Crippen LogP contribution in [0.15, 0.2) is 36.4 Å². The van der Waals surface area contributed by atoms with Crippen molar-refractivity contribution in [2.75, 3.05) is 6.54 Å². The molecule has 0 aliphatic carbocycles. The SMILES string of the molecule is Cc1cccc2c1CCN(C(=O)Cc1c(Cl)cccc1Cl)[C@H]2C. The highest BCUT2D eigenvalue weighted by Gasteiger charge is 2.28. The van der Waals surface area contributed by atoms with Gasteiger partial charge in [0, 0.05) is 16.6 Å². The Balaban J connectivity index is 1.84. The van der Waals surface area contributed by atoms with E-state index in [4.69, 9.17) is 23.2 Å². The molecule has 1 amide bonds. The van der Waals surface area contributed by atoms with E-state index in [0.29, 0.717) is 15.6 Å². The van der Waals surface area contributed by atoms with Gasteiger partial charge in [0.05, 0.1) is 12.5 Å². The van der Waals surface area contributed by atoms with Gasteiger partial charge in [0.1, 0.15) is 0 Å². The Bertz CT molecular complexity index is 737. The first-order valence-corrected chi connectivity index (χ1v) is 8.55. The smallest absolute Gasteiger partial charge is 0.227 e. The molecule has 2 aromatic rings. The number of benzene rings is 2. The lowest BCUT2D eigenvalue weighted by Crippen LogP contribution is -2.40. The minimum atomic E-state index is 0.0691. The van der Waals surface area contributed by atoms with E-state index in [2.05, 4.69) is 32.0 Å². The third-order valence-electron chi connectivity index (χ3n) is 4.68. The monoisotopic (exact) mass is 347 g/mol. The number of rotatable bonds is 2. The molecule has 0 spiro atoms. The van der Waals surface area contributed by atoms with E-state index in [-0.39, 0.29) is 18.4 Å². The lowest BCUT2D eigenvalue weighted by molar-refractivity contribution is -0.133. The van der Waals surface area contributed by atoms with Crippen molar-refractivity contribution in [3.05, 3.63) is 68.7 Å². The fraction of sp³-hybridized carbons (Fsp3) is 0.316. The van der Waals surface area contributed by atoms with Crippen LogP contribution in [0.2, 0.25) is 10.0 Å². The van der Waals surface area contributed by atoms with Crippen LogP contribution in [0.3, 0.4) is 0 Å². The molecule has 0 N–H and O–H groups in total. The van der Waals surface area contributed by atoms with Crippen LogP contribution in [-0.4, -0.2) is 17.4 Å². The molecule has 1 heterocycles. The summed E-state index contributed by atoms with van der Waals surface area (Å²) in [5, 5.41) is 1.10. The maximum absolute atomic E-state index is 12.8. The number of hydrogen-bond acceptors (Lipinski definition) is 1. The average molecular weight is 348 g/mol. The molecule has 4 heteroatoms. The predicted molar refractivity (Wildman–Crippen MR) is 95.2 cm³/mol. The number of hydrogen-bond donors (Lipinski definition) is 0. The van der Waals surface area contributed by atoms with Gasteiger partial charge in [-0.15, -0.1) is 0 Å². The minimum Gasteiger partial charge on any atom is -0.335 e. The van der Waals surface area contributed by atoms with E-state index in [1.807, 2.05) is 4.90 Å². The molecule has 0 aromatic heterocycles. The van der Waals surface area contributed by atoms with Crippen molar-refractivity contribution < 1.29 is 4.79 Å². The number of nitrogens with zero attached hydrogens (tertiary/aromatic N) is 1.